The second-order valence-corrected chi connectivity index (χ2v) is 8.61. The lowest BCUT2D eigenvalue weighted by Gasteiger charge is -2.26. The molecule has 8 heteroatoms. The molecule has 1 aromatic heterocycles. The van der Waals surface area contributed by atoms with Gasteiger partial charge in [0, 0.05) is 24.2 Å². The summed E-state index contributed by atoms with van der Waals surface area (Å²) in [5.74, 6) is 0.401. The average Bonchev–Trinajstić information content (AvgIpc) is 2.95. The van der Waals surface area contributed by atoms with Crippen LogP contribution in [0.4, 0.5) is 0 Å². The fraction of sp³-hybridized carbons (Fsp3) is 0.412. The summed E-state index contributed by atoms with van der Waals surface area (Å²) >= 11 is 6.15. The molecule has 1 aliphatic heterocycles. The molecule has 0 radical (unpaired) electrons. The van der Waals surface area contributed by atoms with E-state index in [-0.39, 0.29) is 30.1 Å². The van der Waals surface area contributed by atoms with E-state index in [2.05, 4.69) is 4.98 Å². The van der Waals surface area contributed by atoms with Crippen LogP contribution in [0, 0.1) is 0 Å². The van der Waals surface area contributed by atoms with Crippen LogP contribution in [0.5, 0.6) is 5.75 Å². The zero-order valence-corrected chi connectivity index (χ0v) is 15.4. The van der Waals surface area contributed by atoms with Crippen LogP contribution in [-0.4, -0.2) is 54.9 Å². The monoisotopic (exact) mass is 382 g/mol. The van der Waals surface area contributed by atoms with Crippen LogP contribution in [0.15, 0.2) is 30.5 Å². The Labute approximate surface area is 151 Å². The van der Waals surface area contributed by atoms with Crippen molar-refractivity contribution in [2.45, 2.75) is 19.4 Å². The number of hydrogen-bond acceptors (Lipinski definition) is 5. The molecule has 1 atom stereocenters. The van der Waals surface area contributed by atoms with Gasteiger partial charge in [-0.15, -0.1) is 0 Å². The molecule has 3 rings (SSSR count). The number of aromatic nitrogens is 1. The number of sulfone groups is 1. The van der Waals surface area contributed by atoms with Gasteiger partial charge in [0.15, 0.2) is 16.4 Å². The Kier molecular flexibility index (Phi) is 5.15. The Morgan fingerprint density at radius 1 is 1.40 bits per heavy atom. The number of nitrogens with zero attached hydrogens (tertiary/aromatic N) is 2. The van der Waals surface area contributed by atoms with Gasteiger partial charge in [-0.2, -0.15) is 0 Å². The van der Waals surface area contributed by atoms with Crippen LogP contribution in [0.3, 0.4) is 0 Å². The molecule has 1 unspecified atom stereocenters. The number of amides is 1. The van der Waals surface area contributed by atoms with E-state index in [0.29, 0.717) is 29.3 Å². The molecule has 134 valence electrons. The van der Waals surface area contributed by atoms with Gasteiger partial charge in [0.25, 0.3) is 5.91 Å². The number of pyridine rings is 1. The maximum Gasteiger partial charge on any atom is 0.260 e. The smallest absolute Gasteiger partial charge is 0.260 e. The van der Waals surface area contributed by atoms with Gasteiger partial charge in [0.05, 0.1) is 16.5 Å². The third-order valence-corrected chi connectivity index (χ3v) is 6.42. The molecule has 1 aliphatic rings. The lowest BCUT2D eigenvalue weighted by molar-refractivity contribution is -0.135. The molecule has 0 saturated carbocycles. The Bertz CT molecular complexity index is 901. The highest BCUT2D eigenvalue weighted by Gasteiger charge is 2.34. The molecule has 1 fully saturated rings. The molecule has 6 nitrogen and oxygen atoms in total. The van der Waals surface area contributed by atoms with E-state index < -0.39 is 9.84 Å². The number of carbonyl (C=O) groups is 1. The average molecular weight is 383 g/mol. The SMILES string of the molecule is CCN(C(=O)COc1ccc(Cl)c2cccnc12)C1CCS(=O)(=O)C1. The van der Waals surface area contributed by atoms with Crippen molar-refractivity contribution in [3.05, 3.63) is 35.5 Å². The van der Waals surface area contributed by atoms with Crippen molar-refractivity contribution < 1.29 is 17.9 Å². The van der Waals surface area contributed by atoms with Crippen LogP contribution >= 0.6 is 11.6 Å². The Hall–Kier alpha value is -1.86. The quantitative estimate of drug-likeness (QED) is 0.793. The van der Waals surface area contributed by atoms with Gasteiger partial charge in [-0.05, 0) is 37.6 Å². The molecule has 0 bridgehead atoms. The van der Waals surface area contributed by atoms with Crippen molar-refractivity contribution in [2.24, 2.45) is 0 Å². The largest absolute Gasteiger partial charge is 0.481 e. The van der Waals surface area contributed by atoms with Gasteiger partial charge < -0.3 is 9.64 Å². The molecule has 1 saturated heterocycles. The first-order valence-electron chi connectivity index (χ1n) is 8.07. The molecule has 2 heterocycles. The van der Waals surface area contributed by atoms with Crippen molar-refractivity contribution in [3.63, 3.8) is 0 Å². The first-order chi connectivity index (χ1) is 11.9. The fourth-order valence-corrected chi connectivity index (χ4v) is 5.06. The maximum atomic E-state index is 12.5. The number of likely N-dealkylation sites (N-methyl/N-ethyl adjacent to an activating group) is 1. The van der Waals surface area contributed by atoms with E-state index in [1.54, 1.807) is 29.3 Å². The van der Waals surface area contributed by atoms with Gasteiger partial charge in [-0.3, -0.25) is 9.78 Å². The van der Waals surface area contributed by atoms with Gasteiger partial charge in [-0.25, -0.2) is 8.42 Å². The van der Waals surface area contributed by atoms with E-state index in [1.807, 2.05) is 13.0 Å². The van der Waals surface area contributed by atoms with Gasteiger partial charge in [0.1, 0.15) is 11.3 Å². The summed E-state index contributed by atoms with van der Waals surface area (Å²) in [6, 6.07) is 6.73. The van der Waals surface area contributed by atoms with E-state index >= 15 is 0 Å². The van der Waals surface area contributed by atoms with Crippen LogP contribution in [0.2, 0.25) is 5.02 Å². The molecule has 0 spiro atoms. The van der Waals surface area contributed by atoms with Crippen LogP contribution in [-0.2, 0) is 14.6 Å². The molecule has 1 amide bonds. The Balaban J connectivity index is 1.73. The van der Waals surface area contributed by atoms with Gasteiger partial charge in [0.2, 0.25) is 0 Å². The minimum absolute atomic E-state index is 0.0258. The minimum Gasteiger partial charge on any atom is -0.481 e. The van der Waals surface area contributed by atoms with Crippen molar-refractivity contribution in [2.75, 3.05) is 24.7 Å². The van der Waals surface area contributed by atoms with E-state index in [9.17, 15) is 13.2 Å². The number of rotatable bonds is 5. The van der Waals surface area contributed by atoms with Crippen molar-refractivity contribution in [1.29, 1.82) is 0 Å². The number of carbonyl (C=O) groups excluding carboxylic acids is 1. The number of hydrogen-bond donors (Lipinski definition) is 0. The summed E-state index contributed by atoms with van der Waals surface area (Å²) in [4.78, 5) is 18.4. The zero-order valence-electron chi connectivity index (χ0n) is 13.8. The first kappa shape index (κ1) is 17.9. The summed E-state index contributed by atoms with van der Waals surface area (Å²) in [7, 11) is -3.04. The lowest BCUT2D eigenvalue weighted by Crippen LogP contribution is -2.43. The topological polar surface area (TPSA) is 76.6 Å². The third-order valence-electron chi connectivity index (χ3n) is 4.34. The second kappa shape index (κ2) is 7.17. The summed E-state index contributed by atoms with van der Waals surface area (Å²) in [5.41, 5.74) is 0.592. The standard InChI is InChI=1S/C17H19ClN2O4S/c1-2-20(12-7-9-25(22,23)11-12)16(21)10-24-15-6-5-14(18)13-4-3-8-19-17(13)15/h3-6,8,12H,2,7,9-11H2,1H3. The fourth-order valence-electron chi connectivity index (χ4n) is 3.11. The number of fused-ring (bicyclic) bond motifs is 1. The maximum absolute atomic E-state index is 12.5. The molecular formula is C17H19ClN2O4S. The molecule has 1 aromatic carbocycles. The second-order valence-electron chi connectivity index (χ2n) is 5.97. The highest BCUT2D eigenvalue weighted by atomic mass is 35.5. The van der Waals surface area contributed by atoms with Gasteiger partial charge >= 0.3 is 0 Å². The van der Waals surface area contributed by atoms with Crippen LogP contribution < -0.4 is 4.74 Å². The van der Waals surface area contributed by atoms with Gasteiger partial charge in [-0.1, -0.05) is 11.6 Å². The van der Waals surface area contributed by atoms with Crippen LogP contribution in [0.1, 0.15) is 13.3 Å². The predicted molar refractivity (Wildman–Crippen MR) is 96.7 cm³/mol. The van der Waals surface area contributed by atoms with Crippen molar-refractivity contribution in [3.8, 4) is 5.75 Å². The summed E-state index contributed by atoms with van der Waals surface area (Å²) in [6.45, 7) is 2.11. The molecular weight excluding hydrogens is 364 g/mol. The molecule has 2 aromatic rings. The van der Waals surface area contributed by atoms with E-state index in [0.717, 1.165) is 5.39 Å². The summed E-state index contributed by atoms with van der Waals surface area (Å²) < 4.78 is 29.0. The summed E-state index contributed by atoms with van der Waals surface area (Å²) in [6.07, 6.45) is 2.11. The van der Waals surface area contributed by atoms with Crippen molar-refractivity contribution >= 4 is 38.2 Å². The zero-order chi connectivity index (χ0) is 18.0. The molecule has 0 N–H and O–H groups in total. The van der Waals surface area contributed by atoms with Crippen molar-refractivity contribution in [1.82, 2.24) is 9.88 Å². The predicted octanol–water partition coefficient (Wildman–Crippen LogP) is 2.30. The van der Waals surface area contributed by atoms with E-state index in [1.165, 1.54) is 0 Å². The number of ether oxygens (including phenoxy) is 1. The summed E-state index contributed by atoms with van der Waals surface area (Å²) in [5, 5.41) is 1.32. The lowest BCUT2D eigenvalue weighted by atomic mass is 10.2. The first-order valence-corrected chi connectivity index (χ1v) is 10.3. The molecule has 0 aliphatic carbocycles. The minimum atomic E-state index is -3.04. The molecule has 25 heavy (non-hydrogen) atoms. The third kappa shape index (κ3) is 3.88. The highest BCUT2D eigenvalue weighted by Crippen LogP contribution is 2.29. The Morgan fingerprint density at radius 3 is 2.88 bits per heavy atom. The van der Waals surface area contributed by atoms with Crippen LogP contribution in [0.25, 0.3) is 10.9 Å². The number of benzene rings is 1. The highest BCUT2D eigenvalue weighted by molar-refractivity contribution is 7.91. The van der Waals surface area contributed by atoms with E-state index in [4.69, 9.17) is 16.3 Å². The normalized spacial score (nSPS) is 19.0. The Morgan fingerprint density at radius 2 is 2.20 bits per heavy atom. The number of halogens is 1.